The van der Waals surface area contributed by atoms with Gasteiger partial charge in [0.25, 0.3) is 0 Å². The van der Waals surface area contributed by atoms with Gasteiger partial charge in [-0.15, -0.1) is 0 Å². The minimum atomic E-state index is -0.509. The lowest BCUT2D eigenvalue weighted by Crippen LogP contribution is -2.25. The lowest BCUT2D eigenvalue weighted by molar-refractivity contribution is -0.156. The summed E-state index contributed by atoms with van der Waals surface area (Å²) in [6.07, 6.45) is -0.317. The minimum Gasteiger partial charge on any atom is -0.464 e. The highest BCUT2D eigenvalue weighted by Crippen LogP contribution is 1.95. The number of rotatable bonds is 7. The first kappa shape index (κ1) is 13.4. The zero-order chi connectivity index (χ0) is 11.0. The van der Waals surface area contributed by atoms with Crippen molar-refractivity contribution in [3.8, 4) is 0 Å². The molecule has 1 unspecified atom stereocenters. The zero-order valence-corrected chi connectivity index (χ0v) is 9.41. The number of hydrogen-bond donors (Lipinski definition) is 0. The summed E-state index contributed by atoms with van der Waals surface area (Å²) in [5, 5.41) is 0. The van der Waals surface area contributed by atoms with E-state index in [-0.39, 0.29) is 12.1 Å². The third-order valence-electron chi connectivity index (χ3n) is 1.52. The normalized spacial score (nSPS) is 12.9. The third-order valence-corrected chi connectivity index (χ3v) is 1.52. The van der Waals surface area contributed by atoms with E-state index in [0.717, 1.165) is 0 Å². The molecule has 84 valence electrons. The Balaban J connectivity index is 3.43. The Hall–Kier alpha value is -0.610. The summed E-state index contributed by atoms with van der Waals surface area (Å²) >= 11 is 0. The molecule has 1 atom stereocenters. The monoisotopic (exact) mass is 204 g/mol. The average Bonchev–Trinajstić information content (AvgIpc) is 2.12. The maximum Gasteiger partial charge on any atom is 0.334 e. The molecule has 0 saturated heterocycles. The quantitative estimate of drug-likeness (QED) is 0.464. The molecule has 0 amide bonds. The van der Waals surface area contributed by atoms with Gasteiger partial charge in [-0.1, -0.05) is 0 Å². The van der Waals surface area contributed by atoms with Crippen molar-refractivity contribution < 1.29 is 19.0 Å². The molecule has 0 spiro atoms. The smallest absolute Gasteiger partial charge is 0.334 e. The molecule has 4 heteroatoms. The van der Waals surface area contributed by atoms with Gasteiger partial charge in [0.15, 0.2) is 6.10 Å². The van der Waals surface area contributed by atoms with Gasteiger partial charge >= 0.3 is 5.97 Å². The second-order valence-electron chi connectivity index (χ2n) is 3.18. The maximum absolute atomic E-state index is 11.1. The maximum atomic E-state index is 11.1. The van der Waals surface area contributed by atoms with Gasteiger partial charge in [0.1, 0.15) is 0 Å². The fraction of sp³-hybridized carbons (Fsp3) is 0.900. The van der Waals surface area contributed by atoms with Crippen molar-refractivity contribution in [2.45, 2.75) is 39.9 Å². The fourth-order valence-corrected chi connectivity index (χ4v) is 0.836. The van der Waals surface area contributed by atoms with E-state index in [2.05, 4.69) is 0 Å². The highest BCUT2D eigenvalue weighted by Gasteiger charge is 2.13. The van der Waals surface area contributed by atoms with Crippen molar-refractivity contribution in [1.82, 2.24) is 0 Å². The van der Waals surface area contributed by atoms with Gasteiger partial charge in [0.2, 0.25) is 0 Å². The summed E-state index contributed by atoms with van der Waals surface area (Å²) < 4.78 is 15.2. The van der Waals surface area contributed by atoms with Crippen molar-refractivity contribution in [3.05, 3.63) is 0 Å². The number of ether oxygens (including phenoxy) is 3. The largest absolute Gasteiger partial charge is 0.464 e. The van der Waals surface area contributed by atoms with Gasteiger partial charge in [0, 0.05) is 0 Å². The van der Waals surface area contributed by atoms with Gasteiger partial charge < -0.3 is 14.2 Å². The second-order valence-corrected chi connectivity index (χ2v) is 3.18. The van der Waals surface area contributed by atoms with Crippen LogP contribution in [0.3, 0.4) is 0 Å². The van der Waals surface area contributed by atoms with Gasteiger partial charge in [-0.3, -0.25) is 0 Å². The molecule has 0 N–H and O–H groups in total. The molecule has 0 aromatic carbocycles. The lowest BCUT2D eigenvalue weighted by atomic mass is 10.4. The summed E-state index contributed by atoms with van der Waals surface area (Å²) in [6.45, 7) is 8.65. The van der Waals surface area contributed by atoms with Crippen LogP contribution in [0.15, 0.2) is 0 Å². The molecule has 0 saturated carbocycles. The first-order valence-corrected chi connectivity index (χ1v) is 4.97. The molecule has 4 nitrogen and oxygen atoms in total. The molecule has 14 heavy (non-hydrogen) atoms. The Kier molecular flexibility index (Phi) is 7.42. The van der Waals surface area contributed by atoms with Gasteiger partial charge in [-0.2, -0.15) is 0 Å². The van der Waals surface area contributed by atoms with Crippen molar-refractivity contribution in [3.63, 3.8) is 0 Å². The van der Waals surface area contributed by atoms with E-state index in [1.54, 1.807) is 13.8 Å². The van der Waals surface area contributed by atoms with Crippen LogP contribution in [0.5, 0.6) is 0 Å². The van der Waals surface area contributed by atoms with Crippen molar-refractivity contribution >= 4 is 5.97 Å². The van der Waals surface area contributed by atoms with E-state index in [4.69, 9.17) is 14.2 Å². The Morgan fingerprint density at radius 1 is 1.14 bits per heavy atom. The van der Waals surface area contributed by atoms with Gasteiger partial charge in [-0.25, -0.2) is 4.79 Å². The Bertz CT molecular complexity index is 156. The van der Waals surface area contributed by atoms with Crippen molar-refractivity contribution in [2.24, 2.45) is 0 Å². The molecule has 0 fully saturated rings. The molecule has 0 aliphatic heterocycles. The number of hydrogen-bond acceptors (Lipinski definition) is 4. The van der Waals surface area contributed by atoms with Crippen LogP contribution in [0.25, 0.3) is 0 Å². The lowest BCUT2D eigenvalue weighted by Gasteiger charge is -2.12. The topological polar surface area (TPSA) is 44.8 Å². The number of esters is 1. The van der Waals surface area contributed by atoms with Crippen molar-refractivity contribution in [1.29, 1.82) is 0 Å². The van der Waals surface area contributed by atoms with Crippen LogP contribution >= 0.6 is 0 Å². The van der Waals surface area contributed by atoms with Gasteiger partial charge in [0.05, 0.1) is 25.9 Å². The highest BCUT2D eigenvalue weighted by atomic mass is 16.6. The summed E-state index contributed by atoms with van der Waals surface area (Å²) in [4.78, 5) is 11.1. The molecule has 0 bridgehead atoms. The predicted molar refractivity (Wildman–Crippen MR) is 53.1 cm³/mol. The molecule has 0 heterocycles. The molecule has 0 radical (unpaired) electrons. The number of carbonyl (C=O) groups is 1. The Morgan fingerprint density at radius 3 is 2.21 bits per heavy atom. The van der Waals surface area contributed by atoms with E-state index < -0.39 is 6.10 Å². The molecule has 0 aliphatic rings. The second kappa shape index (κ2) is 7.76. The predicted octanol–water partition coefficient (Wildman–Crippen LogP) is 1.38. The van der Waals surface area contributed by atoms with E-state index in [9.17, 15) is 4.79 Å². The molecular weight excluding hydrogens is 184 g/mol. The Labute approximate surface area is 85.5 Å². The molecule has 0 aliphatic carbocycles. The standard InChI is InChI=1S/C10H20O4/c1-5-12-10(11)9(4)14-7-6-13-8(2)3/h8-9H,5-7H2,1-4H3. The average molecular weight is 204 g/mol. The third kappa shape index (κ3) is 6.86. The number of carbonyl (C=O) groups excluding carboxylic acids is 1. The van der Waals surface area contributed by atoms with E-state index in [0.29, 0.717) is 19.8 Å². The van der Waals surface area contributed by atoms with Crippen LogP contribution in [0.4, 0.5) is 0 Å². The first-order valence-electron chi connectivity index (χ1n) is 4.97. The van der Waals surface area contributed by atoms with Crippen LogP contribution in [0.1, 0.15) is 27.7 Å². The summed E-state index contributed by atoms with van der Waals surface area (Å²) in [5.74, 6) is -0.322. The van der Waals surface area contributed by atoms with E-state index in [1.807, 2.05) is 13.8 Å². The van der Waals surface area contributed by atoms with Crippen LogP contribution in [-0.2, 0) is 19.0 Å². The van der Waals surface area contributed by atoms with Crippen LogP contribution in [0.2, 0.25) is 0 Å². The van der Waals surface area contributed by atoms with Crippen LogP contribution in [0, 0.1) is 0 Å². The SMILES string of the molecule is CCOC(=O)C(C)OCCOC(C)C. The first-order chi connectivity index (χ1) is 6.57. The minimum absolute atomic E-state index is 0.191. The van der Waals surface area contributed by atoms with E-state index in [1.165, 1.54) is 0 Å². The van der Waals surface area contributed by atoms with Crippen LogP contribution in [-0.4, -0.2) is 38.0 Å². The molecule has 0 rings (SSSR count). The molecular formula is C10H20O4. The van der Waals surface area contributed by atoms with Gasteiger partial charge in [-0.05, 0) is 27.7 Å². The summed E-state index contributed by atoms with van der Waals surface area (Å²) in [7, 11) is 0. The molecule has 0 aromatic heterocycles. The highest BCUT2D eigenvalue weighted by molar-refractivity contribution is 5.74. The summed E-state index contributed by atoms with van der Waals surface area (Å²) in [5.41, 5.74) is 0. The Morgan fingerprint density at radius 2 is 1.71 bits per heavy atom. The summed E-state index contributed by atoms with van der Waals surface area (Å²) in [6, 6.07) is 0. The molecule has 0 aromatic rings. The van der Waals surface area contributed by atoms with Crippen LogP contribution < -0.4 is 0 Å². The van der Waals surface area contributed by atoms with E-state index >= 15 is 0 Å². The van der Waals surface area contributed by atoms with Crippen molar-refractivity contribution in [2.75, 3.05) is 19.8 Å². The zero-order valence-electron chi connectivity index (χ0n) is 9.41. The fourth-order valence-electron chi connectivity index (χ4n) is 0.836.